The normalized spacial score (nSPS) is 10.7. The molecule has 1 aromatic heterocycles. The van der Waals surface area contributed by atoms with Crippen molar-refractivity contribution in [3.8, 4) is 0 Å². The van der Waals surface area contributed by atoms with E-state index in [1.165, 1.54) is 12.8 Å². The van der Waals surface area contributed by atoms with Crippen molar-refractivity contribution in [3.63, 3.8) is 0 Å². The van der Waals surface area contributed by atoms with Crippen molar-refractivity contribution in [1.82, 2.24) is 9.55 Å². The molecule has 1 heterocycles. The van der Waals surface area contributed by atoms with Crippen molar-refractivity contribution < 1.29 is 9.47 Å². The van der Waals surface area contributed by atoms with Gasteiger partial charge in [-0.2, -0.15) is 0 Å². The van der Waals surface area contributed by atoms with Crippen LogP contribution in [-0.2, 0) is 16.0 Å². The first kappa shape index (κ1) is 14.0. The minimum Gasteiger partial charge on any atom is -0.382 e. The average molecular weight is 241 g/mol. The zero-order valence-corrected chi connectivity index (χ0v) is 10.8. The molecule has 17 heavy (non-hydrogen) atoms. The zero-order valence-electron chi connectivity index (χ0n) is 10.8. The van der Waals surface area contributed by atoms with Crippen molar-refractivity contribution >= 4 is 5.95 Å². The van der Waals surface area contributed by atoms with Crippen molar-refractivity contribution in [2.24, 2.45) is 0 Å². The number of nitrogens with zero attached hydrogens (tertiary/aromatic N) is 2. The molecular formula is C12H23N3O2. The van der Waals surface area contributed by atoms with Crippen LogP contribution >= 0.6 is 0 Å². The Morgan fingerprint density at radius 1 is 1.35 bits per heavy atom. The van der Waals surface area contributed by atoms with Gasteiger partial charge >= 0.3 is 0 Å². The van der Waals surface area contributed by atoms with Gasteiger partial charge in [-0.3, -0.25) is 0 Å². The third-order valence-electron chi connectivity index (χ3n) is 2.43. The van der Waals surface area contributed by atoms with E-state index >= 15 is 0 Å². The fourth-order valence-corrected chi connectivity index (χ4v) is 1.46. The number of imidazole rings is 1. The first-order chi connectivity index (χ1) is 8.38. The maximum Gasteiger partial charge on any atom is 0.202 e. The maximum atomic E-state index is 5.37. The molecule has 0 saturated heterocycles. The number of anilines is 1. The molecule has 0 fully saturated rings. The molecule has 0 aliphatic rings. The molecule has 0 aliphatic carbocycles. The Hall–Kier alpha value is -1.07. The van der Waals surface area contributed by atoms with Gasteiger partial charge in [0.1, 0.15) is 0 Å². The first-order valence-electron chi connectivity index (χ1n) is 6.20. The number of rotatable bonds is 10. The Morgan fingerprint density at radius 3 is 3.00 bits per heavy atom. The van der Waals surface area contributed by atoms with E-state index < -0.39 is 0 Å². The topological polar surface area (TPSA) is 48.3 Å². The summed E-state index contributed by atoms with van der Waals surface area (Å²) in [4.78, 5) is 4.27. The van der Waals surface area contributed by atoms with Crippen LogP contribution < -0.4 is 5.32 Å². The molecule has 0 saturated carbocycles. The molecule has 0 unspecified atom stereocenters. The maximum absolute atomic E-state index is 5.37. The summed E-state index contributed by atoms with van der Waals surface area (Å²) in [5.41, 5.74) is 0. The number of ether oxygens (including phenoxy) is 2. The second-order valence-electron chi connectivity index (χ2n) is 3.83. The molecule has 1 aromatic rings. The van der Waals surface area contributed by atoms with E-state index in [2.05, 4.69) is 21.8 Å². The number of aryl methyl sites for hydroxylation is 1. The summed E-state index contributed by atoms with van der Waals surface area (Å²) in [5, 5.41) is 3.27. The van der Waals surface area contributed by atoms with E-state index in [0.29, 0.717) is 19.8 Å². The summed E-state index contributed by atoms with van der Waals surface area (Å²) in [6.07, 6.45) is 6.20. The van der Waals surface area contributed by atoms with Crippen molar-refractivity contribution in [1.29, 1.82) is 0 Å². The monoisotopic (exact) mass is 241 g/mol. The minimum atomic E-state index is 0.641. The molecule has 1 N–H and O–H groups in total. The van der Waals surface area contributed by atoms with E-state index in [0.717, 1.165) is 19.0 Å². The van der Waals surface area contributed by atoms with Crippen LogP contribution in [0.2, 0.25) is 0 Å². The molecule has 5 heteroatoms. The summed E-state index contributed by atoms with van der Waals surface area (Å²) in [6, 6.07) is 0. The average Bonchev–Trinajstić information content (AvgIpc) is 2.78. The predicted molar refractivity (Wildman–Crippen MR) is 68.3 cm³/mol. The highest BCUT2D eigenvalue weighted by Crippen LogP contribution is 2.05. The predicted octanol–water partition coefficient (Wildman–Crippen LogP) is 1.76. The lowest BCUT2D eigenvalue weighted by molar-refractivity contribution is 0.0758. The quantitative estimate of drug-likeness (QED) is 0.634. The van der Waals surface area contributed by atoms with E-state index in [1.807, 2.05) is 12.4 Å². The lowest BCUT2D eigenvalue weighted by atomic mass is 10.3. The standard InChI is InChI=1S/C12H23N3O2/c1-3-4-7-15-8-5-13-12(15)14-6-9-17-11-10-16-2/h5,8H,3-4,6-7,9-11H2,1-2H3,(H,13,14). The molecular weight excluding hydrogens is 218 g/mol. The second-order valence-corrected chi connectivity index (χ2v) is 3.83. The van der Waals surface area contributed by atoms with Crippen LogP contribution in [0.15, 0.2) is 12.4 Å². The Balaban J connectivity index is 2.15. The number of aromatic nitrogens is 2. The van der Waals surface area contributed by atoms with Crippen LogP contribution in [0.5, 0.6) is 0 Å². The Labute approximate surface area is 103 Å². The lowest BCUT2D eigenvalue weighted by Crippen LogP contribution is -2.14. The number of hydrogen-bond acceptors (Lipinski definition) is 4. The molecule has 0 bridgehead atoms. The van der Waals surface area contributed by atoms with Gasteiger partial charge in [-0.25, -0.2) is 4.98 Å². The number of hydrogen-bond donors (Lipinski definition) is 1. The molecule has 98 valence electrons. The molecule has 0 aromatic carbocycles. The van der Waals surface area contributed by atoms with E-state index in [4.69, 9.17) is 9.47 Å². The molecule has 0 radical (unpaired) electrons. The van der Waals surface area contributed by atoms with Crippen LogP contribution in [0.4, 0.5) is 5.95 Å². The molecule has 0 amide bonds. The summed E-state index contributed by atoms with van der Waals surface area (Å²) in [7, 11) is 1.67. The molecule has 0 aliphatic heterocycles. The van der Waals surface area contributed by atoms with Crippen LogP contribution in [0, 0.1) is 0 Å². The van der Waals surface area contributed by atoms with Crippen molar-refractivity contribution in [2.45, 2.75) is 26.3 Å². The first-order valence-corrected chi connectivity index (χ1v) is 6.20. The fourth-order valence-electron chi connectivity index (χ4n) is 1.46. The van der Waals surface area contributed by atoms with Gasteiger partial charge in [0.05, 0.1) is 19.8 Å². The van der Waals surface area contributed by atoms with Crippen molar-refractivity contribution in [2.75, 3.05) is 38.8 Å². The summed E-state index contributed by atoms with van der Waals surface area (Å²) in [5.74, 6) is 0.925. The highest BCUT2D eigenvalue weighted by Gasteiger charge is 2.00. The van der Waals surface area contributed by atoms with E-state index in [9.17, 15) is 0 Å². The number of methoxy groups -OCH3 is 1. The van der Waals surface area contributed by atoms with Gasteiger partial charge in [-0.1, -0.05) is 13.3 Å². The van der Waals surface area contributed by atoms with Gasteiger partial charge in [-0.15, -0.1) is 0 Å². The summed E-state index contributed by atoms with van der Waals surface area (Å²) < 4.78 is 12.4. The molecule has 1 rings (SSSR count). The Bertz CT molecular complexity index is 289. The smallest absolute Gasteiger partial charge is 0.202 e. The van der Waals surface area contributed by atoms with Gasteiger partial charge in [0.25, 0.3) is 0 Å². The van der Waals surface area contributed by atoms with Gasteiger partial charge in [0, 0.05) is 32.6 Å². The Kier molecular flexibility index (Phi) is 7.42. The van der Waals surface area contributed by atoms with E-state index in [-0.39, 0.29) is 0 Å². The molecule has 0 atom stereocenters. The Morgan fingerprint density at radius 2 is 2.24 bits per heavy atom. The molecule has 0 spiro atoms. The fraction of sp³-hybridized carbons (Fsp3) is 0.750. The minimum absolute atomic E-state index is 0.641. The van der Waals surface area contributed by atoms with Gasteiger partial charge < -0.3 is 19.4 Å². The molecule has 5 nitrogen and oxygen atoms in total. The van der Waals surface area contributed by atoms with E-state index in [1.54, 1.807) is 7.11 Å². The summed E-state index contributed by atoms with van der Waals surface area (Å²) in [6.45, 7) is 5.93. The SMILES string of the molecule is CCCCn1ccnc1NCCOCCOC. The number of unbranched alkanes of at least 4 members (excludes halogenated alkanes) is 1. The highest BCUT2D eigenvalue weighted by molar-refractivity contribution is 5.25. The van der Waals surface area contributed by atoms with Crippen LogP contribution in [0.1, 0.15) is 19.8 Å². The second kappa shape index (κ2) is 9.01. The largest absolute Gasteiger partial charge is 0.382 e. The summed E-state index contributed by atoms with van der Waals surface area (Å²) >= 11 is 0. The van der Waals surface area contributed by atoms with Crippen LogP contribution in [-0.4, -0.2) is 43.0 Å². The van der Waals surface area contributed by atoms with Crippen molar-refractivity contribution in [3.05, 3.63) is 12.4 Å². The third kappa shape index (κ3) is 5.70. The zero-order chi connectivity index (χ0) is 12.3. The highest BCUT2D eigenvalue weighted by atomic mass is 16.5. The van der Waals surface area contributed by atoms with Gasteiger partial charge in [-0.05, 0) is 6.42 Å². The third-order valence-corrected chi connectivity index (χ3v) is 2.43. The lowest BCUT2D eigenvalue weighted by Gasteiger charge is -2.09. The van der Waals surface area contributed by atoms with Crippen LogP contribution in [0.25, 0.3) is 0 Å². The number of nitrogens with one attached hydrogen (secondary N) is 1. The van der Waals surface area contributed by atoms with Gasteiger partial charge in [0.2, 0.25) is 5.95 Å². The van der Waals surface area contributed by atoms with Gasteiger partial charge in [0.15, 0.2) is 0 Å². The van der Waals surface area contributed by atoms with Crippen LogP contribution in [0.3, 0.4) is 0 Å².